The largest absolute Gasteiger partial charge is 0.383 e. The van der Waals surface area contributed by atoms with Crippen LogP contribution < -0.4 is 10.6 Å². The number of imidazole rings is 1. The zero-order valence-corrected chi connectivity index (χ0v) is 20.5. The summed E-state index contributed by atoms with van der Waals surface area (Å²) in [5.74, 6) is 1.89. The molecule has 0 radical (unpaired) electrons. The van der Waals surface area contributed by atoms with Crippen molar-refractivity contribution in [1.82, 2.24) is 24.2 Å². The lowest BCUT2D eigenvalue weighted by molar-refractivity contribution is 0.110. The summed E-state index contributed by atoms with van der Waals surface area (Å²) in [6.45, 7) is 2.05. The Balaban J connectivity index is 1.47. The van der Waals surface area contributed by atoms with Crippen LogP contribution in [0.2, 0.25) is 5.02 Å². The van der Waals surface area contributed by atoms with Crippen LogP contribution in [0.3, 0.4) is 0 Å². The summed E-state index contributed by atoms with van der Waals surface area (Å²) < 4.78 is 2.15. The highest BCUT2D eigenvalue weighted by molar-refractivity contribution is 6.31. The van der Waals surface area contributed by atoms with Gasteiger partial charge in [0.1, 0.15) is 23.0 Å². The molecule has 0 saturated carbocycles. The first-order valence-electron chi connectivity index (χ1n) is 12.0. The topological polar surface area (TPSA) is 65.9 Å². The summed E-state index contributed by atoms with van der Waals surface area (Å²) >= 11 is 6.51. The number of nitrogens with zero attached hydrogens (tertiary/aromatic N) is 6. The molecule has 8 heteroatoms. The molecule has 5 rings (SSSR count). The van der Waals surface area contributed by atoms with Crippen molar-refractivity contribution in [2.45, 2.75) is 50.2 Å². The molecule has 5 heterocycles. The number of aromatic nitrogens is 3. The van der Waals surface area contributed by atoms with Gasteiger partial charge in [-0.3, -0.25) is 14.3 Å². The van der Waals surface area contributed by atoms with E-state index in [2.05, 4.69) is 63.4 Å². The van der Waals surface area contributed by atoms with Gasteiger partial charge in [0.2, 0.25) is 0 Å². The van der Waals surface area contributed by atoms with Gasteiger partial charge in [0.25, 0.3) is 0 Å². The van der Waals surface area contributed by atoms with E-state index in [1.807, 2.05) is 18.3 Å². The van der Waals surface area contributed by atoms with Crippen molar-refractivity contribution >= 4 is 28.9 Å². The fraction of sp³-hybridized carbons (Fsp3) is 0.520. The van der Waals surface area contributed by atoms with E-state index in [0.717, 1.165) is 78.9 Å². The number of anilines is 2. The molecule has 2 N–H and O–H groups in total. The van der Waals surface area contributed by atoms with Crippen LogP contribution in [0.4, 0.5) is 11.6 Å². The quantitative estimate of drug-likeness (QED) is 0.613. The third-order valence-corrected chi connectivity index (χ3v) is 7.88. The molecule has 33 heavy (non-hydrogen) atoms. The monoisotopic (exact) mass is 467 g/mol. The third-order valence-electron chi connectivity index (χ3n) is 7.56. The molecule has 2 aliphatic rings. The normalized spacial score (nSPS) is 23.0. The molecular formula is C25H34ClN7. The molecule has 176 valence electrons. The summed E-state index contributed by atoms with van der Waals surface area (Å²) in [7, 11) is 6.50. The van der Waals surface area contributed by atoms with Crippen molar-refractivity contribution in [2.75, 3.05) is 44.9 Å². The lowest BCUT2D eigenvalue weighted by Crippen LogP contribution is -2.42. The second kappa shape index (κ2) is 9.12. The molecule has 2 atom stereocenters. The van der Waals surface area contributed by atoms with Crippen LogP contribution >= 0.6 is 11.6 Å². The van der Waals surface area contributed by atoms with Gasteiger partial charge in [0.15, 0.2) is 0 Å². The Morgan fingerprint density at radius 2 is 1.73 bits per heavy atom. The first-order valence-corrected chi connectivity index (χ1v) is 12.3. The number of hydrogen-bond acceptors (Lipinski definition) is 6. The van der Waals surface area contributed by atoms with Crippen LogP contribution in [0.25, 0.3) is 5.65 Å². The average Bonchev–Trinajstić information content (AvgIpc) is 3.16. The number of halogens is 1. The second-order valence-electron chi connectivity index (χ2n) is 9.64. The van der Waals surface area contributed by atoms with Gasteiger partial charge in [-0.05, 0) is 77.5 Å². The molecule has 7 nitrogen and oxygen atoms in total. The Morgan fingerprint density at radius 1 is 1.00 bits per heavy atom. The van der Waals surface area contributed by atoms with E-state index in [-0.39, 0.29) is 12.1 Å². The third kappa shape index (κ3) is 4.07. The number of likely N-dealkylation sites (tertiary alicyclic amines) is 1. The van der Waals surface area contributed by atoms with E-state index in [1.54, 1.807) is 0 Å². The number of nitrogen functional groups attached to an aromatic ring is 1. The van der Waals surface area contributed by atoms with Gasteiger partial charge < -0.3 is 15.5 Å². The van der Waals surface area contributed by atoms with Crippen LogP contribution in [-0.2, 0) is 0 Å². The van der Waals surface area contributed by atoms with E-state index >= 15 is 0 Å². The first-order chi connectivity index (χ1) is 16.0. The van der Waals surface area contributed by atoms with Gasteiger partial charge in [0, 0.05) is 25.3 Å². The smallest absolute Gasteiger partial charge is 0.140 e. The van der Waals surface area contributed by atoms with Gasteiger partial charge >= 0.3 is 0 Å². The van der Waals surface area contributed by atoms with E-state index in [0.29, 0.717) is 6.04 Å². The molecule has 3 aromatic rings. The van der Waals surface area contributed by atoms with Gasteiger partial charge in [-0.25, -0.2) is 4.98 Å². The van der Waals surface area contributed by atoms with Gasteiger partial charge in [-0.15, -0.1) is 0 Å². The van der Waals surface area contributed by atoms with Crippen molar-refractivity contribution in [3.63, 3.8) is 0 Å². The SMILES string of the molecule is CN(C)C1CCN(c2cccc3nc([C@H]4CCC[C@@H](c5ncccc5Cl)N4C)c(N)n23)CC1. The van der Waals surface area contributed by atoms with Crippen LogP contribution in [0.5, 0.6) is 0 Å². The minimum Gasteiger partial charge on any atom is -0.383 e. The number of piperidine rings is 2. The first kappa shape index (κ1) is 22.4. The van der Waals surface area contributed by atoms with E-state index in [1.165, 1.54) is 0 Å². The van der Waals surface area contributed by atoms with Gasteiger partial charge in [0.05, 0.1) is 22.8 Å². The maximum atomic E-state index is 6.83. The van der Waals surface area contributed by atoms with Crippen LogP contribution in [-0.4, -0.2) is 64.4 Å². The summed E-state index contributed by atoms with van der Waals surface area (Å²) in [6, 6.07) is 11.1. The highest BCUT2D eigenvalue weighted by Crippen LogP contribution is 2.43. The maximum Gasteiger partial charge on any atom is 0.140 e. The Bertz CT molecular complexity index is 1120. The minimum atomic E-state index is 0.133. The average molecular weight is 468 g/mol. The Labute approximate surface area is 201 Å². The van der Waals surface area contributed by atoms with E-state index in [9.17, 15) is 0 Å². The molecule has 2 saturated heterocycles. The predicted molar refractivity (Wildman–Crippen MR) is 135 cm³/mol. The number of fused-ring (bicyclic) bond motifs is 1. The molecule has 0 spiro atoms. The van der Waals surface area contributed by atoms with Crippen LogP contribution in [0.1, 0.15) is 55.6 Å². The van der Waals surface area contributed by atoms with Gasteiger partial charge in [-0.2, -0.15) is 0 Å². The van der Waals surface area contributed by atoms with Crippen molar-refractivity contribution < 1.29 is 0 Å². The number of hydrogen-bond donors (Lipinski definition) is 1. The number of nitrogens with two attached hydrogens (primary N) is 1. The summed E-state index contributed by atoms with van der Waals surface area (Å²) in [6.07, 6.45) is 7.28. The van der Waals surface area contributed by atoms with Crippen molar-refractivity contribution in [2.24, 2.45) is 0 Å². The van der Waals surface area contributed by atoms with E-state index < -0.39 is 0 Å². The number of rotatable bonds is 4. The Morgan fingerprint density at radius 3 is 2.42 bits per heavy atom. The second-order valence-corrected chi connectivity index (χ2v) is 10.0. The van der Waals surface area contributed by atoms with E-state index in [4.69, 9.17) is 22.3 Å². The van der Waals surface area contributed by atoms with Crippen molar-refractivity contribution in [1.29, 1.82) is 0 Å². The molecule has 0 aromatic carbocycles. The standard InChI is InChI=1S/C25H34ClN7/c1-30(2)17-12-15-32(16-13-17)22-11-5-10-21-29-24(25(27)33(21)22)20-9-4-8-19(31(20)3)23-18(26)7-6-14-28-23/h5-7,10-11,14,17,19-20H,4,8-9,12-13,15-16,27H2,1-3H3/t19-,20+/m0/s1. The fourth-order valence-electron chi connectivity index (χ4n) is 5.65. The lowest BCUT2D eigenvalue weighted by Gasteiger charge is -2.39. The van der Waals surface area contributed by atoms with Crippen LogP contribution in [0, 0.1) is 0 Å². The molecular weight excluding hydrogens is 434 g/mol. The summed E-state index contributed by atoms with van der Waals surface area (Å²) in [5.41, 5.74) is 9.65. The maximum absolute atomic E-state index is 6.83. The predicted octanol–water partition coefficient (Wildman–Crippen LogP) is 4.39. The zero-order chi connectivity index (χ0) is 23.1. The Hall–Kier alpha value is -2.35. The van der Waals surface area contributed by atoms with Crippen LogP contribution in [0.15, 0.2) is 36.5 Å². The van der Waals surface area contributed by atoms with Gasteiger partial charge in [-0.1, -0.05) is 17.7 Å². The molecule has 0 bridgehead atoms. The lowest BCUT2D eigenvalue weighted by atomic mass is 9.92. The zero-order valence-electron chi connectivity index (χ0n) is 19.8. The molecule has 3 aromatic heterocycles. The van der Waals surface area contributed by atoms with Crippen molar-refractivity contribution in [3.05, 3.63) is 52.9 Å². The highest BCUT2D eigenvalue weighted by Gasteiger charge is 2.35. The molecule has 0 amide bonds. The molecule has 2 fully saturated rings. The summed E-state index contributed by atoms with van der Waals surface area (Å²) in [5, 5.41) is 0.724. The number of pyridine rings is 2. The molecule has 2 aliphatic heterocycles. The highest BCUT2D eigenvalue weighted by atomic mass is 35.5. The fourth-order valence-corrected chi connectivity index (χ4v) is 5.90. The Kier molecular flexibility index (Phi) is 6.20. The molecule has 0 aliphatic carbocycles. The van der Waals surface area contributed by atoms with Crippen molar-refractivity contribution in [3.8, 4) is 0 Å². The minimum absolute atomic E-state index is 0.133. The molecule has 0 unspecified atom stereocenters. The summed E-state index contributed by atoms with van der Waals surface area (Å²) in [4.78, 5) is 16.8.